The molecule has 0 aliphatic rings. The third-order valence-corrected chi connectivity index (χ3v) is 1.99. The summed E-state index contributed by atoms with van der Waals surface area (Å²) in [5.41, 5.74) is 0. The highest BCUT2D eigenvalue weighted by Crippen LogP contribution is 1.93. The molecule has 0 saturated carbocycles. The molecule has 1 rings (SSSR count). The number of ether oxygens (including phenoxy) is 1. The maximum absolute atomic E-state index is 11.5. The van der Waals surface area contributed by atoms with E-state index in [0.717, 1.165) is 0 Å². The lowest BCUT2D eigenvalue weighted by atomic mass is 10.4. The van der Waals surface area contributed by atoms with E-state index < -0.39 is 5.97 Å². The zero-order valence-electron chi connectivity index (χ0n) is 9.01. The van der Waals surface area contributed by atoms with Crippen LogP contribution in [0.15, 0.2) is 18.7 Å². The summed E-state index contributed by atoms with van der Waals surface area (Å²) >= 11 is 0. The van der Waals surface area contributed by atoms with Crippen LogP contribution >= 0.6 is 0 Å². The van der Waals surface area contributed by atoms with Crippen molar-refractivity contribution in [3.05, 3.63) is 18.7 Å². The summed E-state index contributed by atoms with van der Waals surface area (Å²) in [4.78, 5) is 22.4. The third kappa shape index (κ3) is 2.80. The van der Waals surface area contributed by atoms with E-state index in [-0.39, 0.29) is 12.3 Å². The van der Waals surface area contributed by atoms with Gasteiger partial charge in [-0.2, -0.15) is 5.01 Å². The first-order chi connectivity index (χ1) is 7.04. The summed E-state index contributed by atoms with van der Waals surface area (Å²) in [5, 5.41) is 1.34. The van der Waals surface area contributed by atoms with Crippen LogP contribution in [0.3, 0.4) is 0 Å². The molecule has 1 heterocycles. The number of esters is 1. The van der Waals surface area contributed by atoms with Crippen LogP contribution < -0.4 is 9.58 Å². The van der Waals surface area contributed by atoms with Gasteiger partial charge in [0.1, 0.15) is 12.6 Å². The fourth-order valence-corrected chi connectivity index (χ4v) is 1.05. The van der Waals surface area contributed by atoms with Crippen LogP contribution in [0.2, 0.25) is 0 Å². The average molecular weight is 212 g/mol. The molecule has 6 heteroatoms. The van der Waals surface area contributed by atoms with Crippen molar-refractivity contribution in [3.8, 4) is 0 Å². The first-order valence-electron chi connectivity index (χ1n) is 4.41. The Morgan fingerprint density at radius 1 is 1.53 bits per heavy atom. The topological polar surface area (TPSA) is 55.4 Å². The van der Waals surface area contributed by atoms with Gasteiger partial charge in [0, 0.05) is 0 Å². The van der Waals surface area contributed by atoms with Crippen molar-refractivity contribution in [2.45, 2.75) is 6.42 Å². The number of aromatic nitrogens is 2. The predicted octanol–water partition coefficient (Wildman–Crippen LogP) is -1.03. The Labute approximate surface area is 87.6 Å². The maximum atomic E-state index is 11.5. The first-order valence-corrected chi connectivity index (χ1v) is 4.41. The lowest BCUT2D eigenvalue weighted by Crippen LogP contribution is -2.38. The van der Waals surface area contributed by atoms with Crippen LogP contribution in [0, 0.1) is 0 Å². The van der Waals surface area contributed by atoms with E-state index >= 15 is 0 Å². The van der Waals surface area contributed by atoms with Gasteiger partial charge in [0.25, 0.3) is 12.2 Å². The van der Waals surface area contributed by atoms with Crippen molar-refractivity contribution in [1.82, 2.24) is 4.68 Å². The third-order valence-electron chi connectivity index (χ3n) is 1.99. The average Bonchev–Trinajstić information content (AvgIpc) is 2.63. The van der Waals surface area contributed by atoms with Crippen molar-refractivity contribution in [2.75, 3.05) is 19.2 Å². The summed E-state index contributed by atoms with van der Waals surface area (Å²) in [6.45, 7) is 0. The first kappa shape index (κ1) is 11.2. The number of hydrogen-bond donors (Lipinski definition) is 0. The van der Waals surface area contributed by atoms with Crippen molar-refractivity contribution in [1.29, 1.82) is 0 Å². The largest absolute Gasteiger partial charge is 0.469 e. The smallest absolute Gasteiger partial charge is 0.315 e. The molecule has 0 spiro atoms. The summed E-state index contributed by atoms with van der Waals surface area (Å²) in [7, 11) is 4.69. The van der Waals surface area contributed by atoms with Crippen molar-refractivity contribution in [3.63, 3.8) is 0 Å². The molecule has 82 valence electrons. The van der Waals surface area contributed by atoms with Crippen molar-refractivity contribution in [2.24, 2.45) is 7.05 Å². The molecule has 0 unspecified atom stereocenters. The summed E-state index contributed by atoms with van der Waals surface area (Å²) in [6, 6.07) is 0. The monoisotopic (exact) mass is 212 g/mol. The zero-order chi connectivity index (χ0) is 11.4. The van der Waals surface area contributed by atoms with E-state index in [2.05, 4.69) is 4.74 Å². The summed E-state index contributed by atoms with van der Waals surface area (Å²) in [5.74, 6) is -0.860. The molecule has 6 nitrogen and oxygen atoms in total. The number of imidazole rings is 1. The van der Waals surface area contributed by atoms with E-state index in [4.69, 9.17) is 0 Å². The van der Waals surface area contributed by atoms with Gasteiger partial charge < -0.3 is 4.74 Å². The number of methoxy groups -OCH3 is 1. The van der Waals surface area contributed by atoms with Gasteiger partial charge in [0.2, 0.25) is 0 Å². The molecule has 0 N–H and O–H groups in total. The minimum absolute atomic E-state index is 0.255. The van der Waals surface area contributed by atoms with Gasteiger partial charge >= 0.3 is 5.97 Å². The molecule has 1 amide bonds. The van der Waals surface area contributed by atoms with Gasteiger partial charge in [-0.05, 0) is 0 Å². The van der Waals surface area contributed by atoms with Gasteiger partial charge in [0.05, 0.1) is 21.2 Å². The molecule has 0 fully saturated rings. The zero-order valence-corrected chi connectivity index (χ0v) is 9.01. The number of amides is 1. The van der Waals surface area contributed by atoms with E-state index in [1.165, 1.54) is 12.1 Å². The van der Waals surface area contributed by atoms with Gasteiger partial charge in [0.15, 0.2) is 6.20 Å². The fourth-order valence-electron chi connectivity index (χ4n) is 1.05. The molecular weight excluding hydrogens is 198 g/mol. The Bertz CT molecular complexity index is 372. The molecule has 0 aromatic carbocycles. The predicted molar refractivity (Wildman–Crippen MR) is 51.4 cm³/mol. The van der Waals surface area contributed by atoms with Gasteiger partial charge in [-0.25, -0.2) is 4.57 Å². The molecule has 0 radical (unpaired) electrons. The van der Waals surface area contributed by atoms with Gasteiger partial charge in [-0.1, -0.05) is 0 Å². The molecule has 0 bridgehead atoms. The van der Waals surface area contributed by atoms with Crippen LogP contribution in [0.5, 0.6) is 0 Å². The number of hydrogen-bond acceptors (Lipinski definition) is 3. The standard InChI is InChI=1S/C9H14N3O3/c1-10-4-5-12(7-10)11(2)8(13)6-9(14)15-3/h4-5,7H,6H2,1-3H3/q+1. The van der Waals surface area contributed by atoms with Crippen LogP contribution in [0.25, 0.3) is 0 Å². The fraction of sp³-hybridized carbons (Fsp3) is 0.444. The molecule has 1 aromatic rings. The highest BCUT2D eigenvalue weighted by atomic mass is 16.5. The Morgan fingerprint density at radius 2 is 2.20 bits per heavy atom. The molecular formula is C9H14N3O3+. The Balaban J connectivity index is 2.64. The quantitative estimate of drug-likeness (QED) is 0.366. The van der Waals surface area contributed by atoms with E-state index in [0.29, 0.717) is 0 Å². The Kier molecular flexibility index (Phi) is 3.43. The van der Waals surface area contributed by atoms with E-state index in [1.54, 1.807) is 35.0 Å². The number of aryl methyl sites for hydroxylation is 1. The van der Waals surface area contributed by atoms with E-state index in [1.807, 2.05) is 7.05 Å². The number of carbonyl (C=O) groups is 2. The lowest BCUT2D eigenvalue weighted by molar-refractivity contribution is -0.671. The SMILES string of the molecule is COC(=O)CC(=O)N(C)n1cc[n+](C)c1. The molecule has 0 atom stereocenters. The molecule has 0 aliphatic carbocycles. The van der Waals surface area contributed by atoms with Crippen molar-refractivity contribution < 1.29 is 18.9 Å². The lowest BCUT2D eigenvalue weighted by Gasteiger charge is -2.10. The van der Waals surface area contributed by atoms with E-state index in [9.17, 15) is 9.59 Å². The minimum atomic E-state index is -0.539. The second-order valence-electron chi connectivity index (χ2n) is 3.13. The molecule has 0 aliphatic heterocycles. The van der Waals surface area contributed by atoms with Crippen LogP contribution in [-0.4, -0.2) is 30.7 Å². The highest BCUT2D eigenvalue weighted by Gasteiger charge is 2.18. The number of rotatable bonds is 3. The summed E-state index contributed by atoms with van der Waals surface area (Å²) < 4.78 is 7.79. The molecule has 1 aromatic heterocycles. The van der Waals surface area contributed by atoms with Gasteiger partial charge in [-0.15, -0.1) is 4.68 Å². The number of carbonyl (C=O) groups excluding carboxylic acids is 2. The highest BCUT2D eigenvalue weighted by molar-refractivity contribution is 5.99. The van der Waals surface area contributed by atoms with Crippen LogP contribution in [-0.2, 0) is 21.4 Å². The molecule has 15 heavy (non-hydrogen) atoms. The maximum Gasteiger partial charge on any atom is 0.315 e. The summed E-state index contributed by atoms with van der Waals surface area (Å²) in [6.07, 6.45) is 4.97. The second kappa shape index (κ2) is 4.59. The van der Waals surface area contributed by atoms with Crippen LogP contribution in [0.1, 0.15) is 6.42 Å². The van der Waals surface area contributed by atoms with Gasteiger partial charge in [-0.3, -0.25) is 9.59 Å². The molecule has 0 saturated heterocycles. The number of nitrogens with zero attached hydrogens (tertiary/aromatic N) is 3. The normalized spacial score (nSPS) is 9.80. The Hall–Kier alpha value is -1.85. The van der Waals surface area contributed by atoms with Crippen molar-refractivity contribution >= 4 is 11.9 Å². The second-order valence-corrected chi connectivity index (χ2v) is 3.13. The Morgan fingerprint density at radius 3 is 2.67 bits per heavy atom. The van der Waals surface area contributed by atoms with Crippen LogP contribution in [0.4, 0.5) is 0 Å². The minimum Gasteiger partial charge on any atom is -0.469 e.